The van der Waals surface area contributed by atoms with Crippen LogP contribution in [0.15, 0.2) is 30.3 Å². The molecule has 2 N–H and O–H groups in total. The van der Waals surface area contributed by atoms with Gasteiger partial charge in [0.2, 0.25) is 0 Å². The molecule has 0 aliphatic carbocycles. The fourth-order valence-corrected chi connectivity index (χ4v) is 2.11. The van der Waals surface area contributed by atoms with Gasteiger partial charge in [0, 0.05) is 6.04 Å². The second kappa shape index (κ2) is 5.61. The molecule has 1 heterocycles. The molecular weight excluding hydrogens is 240 g/mol. The van der Waals surface area contributed by atoms with Crippen LogP contribution in [-0.4, -0.2) is 24.3 Å². The van der Waals surface area contributed by atoms with E-state index in [1.165, 1.54) is 0 Å². The molecule has 1 aromatic carbocycles. The zero-order valence-corrected chi connectivity index (χ0v) is 11.8. The Balaban J connectivity index is 2.05. The van der Waals surface area contributed by atoms with Crippen LogP contribution in [0, 0.1) is 0 Å². The van der Waals surface area contributed by atoms with Crippen molar-refractivity contribution in [3.05, 3.63) is 35.9 Å². The molecule has 0 unspecified atom stereocenters. The van der Waals surface area contributed by atoms with E-state index in [0.29, 0.717) is 0 Å². The van der Waals surface area contributed by atoms with Gasteiger partial charge in [0.1, 0.15) is 5.60 Å². The summed E-state index contributed by atoms with van der Waals surface area (Å²) >= 11 is 0. The third-order valence-electron chi connectivity index (χ3n) is 3.10. The van der Waals surface area contributed by atoms with E-state index in [2.05, 4.69) is 10.6 Å². The first-order chi connectivity index (χ1) is 8.96. The Kier molecular flexibility index (Phi) is 4.10. The van der Waals surface area contributed by atoms with Gasteiger partial charge in [-0.25, -0.2) is 4.79 Å². The van der Waals surface area contributed by atoms with E-state index in [-0.39, 0.29) is 18.2 Å². The third-order valence-corrected chi connectivity index (χ3v) is 3.10. The highest BCUT2D eigenvalue weighted by Gasteiger charge is 2.30. The van der Waals surface area contributed by atoms with Gasteiger partial charge in [-0.15, -0.1) is 0 Å². The minimum absolute atomic E-state index is 0.0372. The zero-order valence-electron chi connectivity index (χ0n) is 11.8. The van der Waals surface area contributed by atoms with Gasteiger partial charge in [0.05, 0.1) is 6.04 Å². The summed E-state index contributed by atoms with van der Waals surface area (Å²) < 4.78 is 5.33. The molecule has 104 valence electrons. The number of benzene rings is 1. The monoisotopic (exact) mass is 262 g/mol. The first-order valence-corrected chi connectivity index (χ1v) is 6.73. The molecule has 0 aromatic heterocycles. The molecule has 0 saturated carbocycles. The molecule has 1 saturated heterocycles. The summed E-state index contributed by atoms with van der Waals surface area (Å²) in [4.78, 5) is 11.9. The van der Waals surface area contributed by atoms with Crippen LogP contribution < -0.4 is 10.6 Å². The summed E-state index contributed by atoms with van der Waals surface area (Å²) in [6, 6.07) is 10.3. The lowest BCUT2D eigenvalue weighted by Crippen LogP contribution is -2.52. The molecule has 2 rings (SSSR count). The van der Waals surface area contributed by atoms with Crippen molar-refractivity contribution in [2.24, 2.45) is 0 Å². The van der Waals surface area contributed by atoms with Crippen LogP contribution in [0.25, 0.3) is 0 Å². The predicted octanol–water partition coefficient (Wildman–Crippen LogP) is 2.61. The van der Waals surface area contributed by atoms with Crippen LogP contribution in [0.3, 0.4) is 0 Å². The Morgan fingerprint density at radius 2 is 2.00 bits per heavy atom. The van der Waals surface area contributed by atoms with Crippen LogP contribution in [0.2, 0.25) is 0 Å². The van der Waals surface area contributed by atoms with Crippen molar-refractivity contribution in [2.45, 2.75) is 44.9 Å². The molecule has 1 aromatic rings. The van der Waals surface area contributed by atoms with Crippen molar-refractivity contribution in [1.82, 2.24) is 10.6 Å². The molecule has 1 aliphatic heterocycles. The van der Waals surface area contributed by atoms with Gasteiger partial charge in [-0.05, 0) is 39.3 Å². The Hall–Kier alpha value is -1.55. The van der Waals surface area contributed by atoms with E-state index in [1.807, 2.05) is 51.1 Å². The van der Waals surface area contributed by atoms with Crippen molar-refractivity contribution in [3.8, 4) is 0 Å². The molecule has 1 aliphatic rings. The quantitative estimate of drug-likeness (QED) is 0.880. The molecule has 0 radical (unpaired) electrons. The maximum absolute atomic E-state index is 11.9. The number of alkyl carbamates (subject to hydrolysis) is 1. The van der Waals surface area contributed by atoms with Crippen molar-refractivity contribution >= 4 is 6.09 Å². The number of hydrogen-bond donors (Lipinski definition) is 2. The second-order valence-electron chi connectivity index (χ2n) is 5.88. The minimum atomic E-state index is -0.474. The normalized spacial score (nSPS) is 20.3. The Morgan fingerprint density at radius 3 is 2.47 bits per heavy atom. The summed E-state index contributed by atoms with van der Waals surface area (Å²) in [6.45, 7) is 6.60. The lowest BCUT2D eigenvalue weighted by molar-refractivity contribution is 0.0481. The molecule has 19 heavy (non-hydrogen) atoms. The van der Waals surface area contributed by atoms with Crippen molar-refractivity contribution < 1.29 is 9.53 Å². The van der Waals surface area contributed by atoms with E-state index >= 15 is 0 Å². The average Bonchev–Trinajstić information content (AvgIpc) is 2.24. The molecule has 0 bridgehead atoms. The fraction of sp³-hybridized carbons (Fsp3) is 0.533. The number of amides is 1. The van der Waals surface area contributed by atoms with E-state index in [0.717, 1.165) is 18.5 Å². The fourth-order valence-electron chi connectivity index (χ4n) is 2.11. The highest BCUT2D eigenvalue weighted by Crippen LogP contribution is 2.23. The molecule has 1 fully saturated rings. The lowest BCUT2D eigenvalue weighted by Gasteiger charge is -2.36. The highest BCUT2D eigenvalue weighted by atomic mass is 16.6. The van der Waals surface area contributed by atoms with E-state index in [4.69, 9.17) is 4.74 Å². The molecule has 4 nitrogen and oxygen atoms in total. The number of carbonyl (C=O) groups is 1. The van der Waals surface area contributed by atoms with Gasteiger partial charge in [0.25, 0.3) is 0 Å². The number of ether oxygens (including phenoxy) is 1. The van der Waals surface area contributed by atoms with Gasteiger partial charge >= 0.3 is 6.09 Å². The molecule has 4 heteroatoms. The van der Waals surface area contributed by atoms with Crippen LogP contribution >= 0.6 is 0 Å². The SMILES string of the molecule is CC(C)(C)OC(=O)N[C@@H](c1ccccc1)[C@@H]1CCN1. The van der Waals surface area contributed by atoms with Gasteiger partial charge in [0.15, 0.2) is 0 Å². The van der Waals surface area contributed by atoms with Gasteiger partial charge in [-0.2, -0.15) is 0 Å². The van der Waals surface area contributed by atoms with Crippen LogP contribution in [0.4, 0.5) is 4.79 Å². The van der Waals surface area contributed by atoms with Crippen molar-refractivity contribution in [1.29, 1.82) is 0 Å². The van der Waals surface area contributed by atoms with E-state index in [9.17, 15) is 4.79 Å². The van der Waals surface area contributed by atoms with Crippen molar-refractivity contribution in [3.63, 3.8) is 0 Å². The first-order valence-electron chi connectivity index (χ1n) is 6.73. The summed E-state index contributed by atoms with van der Waals surface area (Å²) in [5.41, 5.74) is 0.629. The average molecular weight is 262 g/mol. The molecular formula is C15H22N2O2. The van der Waals surface area contributed by atoms with E-state index in [1.54, 1.807) is 0 Å². The number of nitrogens with one attached hydrogen (secondary N) is 2. The minimum Gasteiger partial charge on any atom is -0.444 e. The third kappa shape index (κ3) is 3.96. The Labute approximate surface area is 114 Å². The number of rotatable bonds is 3. The maximum Gasteiger partial charge on any atom is 0.408 e. The first kappa shape index (κ1) is 13.9. The van der Waals surface area contributed by atoms with Crippen LogP contribution in [-0.2, 0) is 4.74 Å². The van der Waals surface area contributed by atoms with Gasteiger partial charge in [-0.3, -0.25) is 0 Å². The largest absolute Gasteiger partial charge is 0.444 e. The van der Waals surface area contributed by atoms with Crippen LogP contribution in [0.5, 0.6) is 0 Å². The second-order valence-corrected chi connectivity index (χ2v) is 5.88. The summed E-state index contributed by atoms with van der Waals surface area (Å²) in [7, 11) is 0. The lowest BCUT2D eigenvalue weighted by atomic mass is 9.92. The van der Waals surface area contributed by atoms with Crippen LogP contribution in [0.1, 0.15) is 38.8 Å². The molecule has 0 spiro atoms. The Morgan fingerprint density at radius 1 is 1.37 bits per heavy atom. The predicted molar refractivity (Wildman–Crippen MR) is 75.0 cm³/mol. The number of carbonyl (C=O) groups excluding carboxylic acids is 1. The van der Waals surface area contributed by atoms with Gasteiger partial charge < -0.3 is 15.4 Å². The highest BCUT2D eigenvalue weighted by molar-refractivity contribution is 5.68. The molecule has 2 atom stereocenters. The zero-order chi connectivity index (χ0) is 13.9. The van der Waals surface area contributed by atoms with Gasteiger partial charge in [-0.1, -0.05) is 30.3 Å². The maximum atomic E-state index is 11.9. The smallest absolute Gasteiger partial charge is 0.408 e. The standard InChI is InChI=1S/C15H22N2O2/c1-15(2,3)19-14(18)17-13(12-9-10-16-12)11-7-5-4-6-8-11/h4-8,12-13,16H,9-10H2,1-3H3,(H,17,18)/t12-,13-/m0/s1. The molecule has 1 amide bonds. The summed E-state index contributed by atoms with van der Waals surface area (Å²) in [6.07, 6.45) is 0.699. The summed E-state index contributed by atoms with van der Waals surface area (Å²) in [5.74, 6) is 0. The Bertz CT molecular complexity index is 422. The van der Waals surface area contributed by atoms with Crippen molar-refractivity contribution in [2.75, 3.05) is 6.54 Å². The van der Waals surface area contributed by atoms with E-state index < -0.39 is 5.60 Å². The topological polar surface area (TPSA) is 50.4 Å². The number of hydrogen-bond acceptors (Lipinski definition) is 3. The summed E-state index contributed by atoms with van der Waals surface area (Å²) in [5, 5.41) is 6.31.